The van der Waals surface area contributed by atoms with Gasteiger partial charge in [-0.1, -0.05) is 6.07 Å². The molecule has 4 nitrogen and oxygen atoms in total. The third-order valence-corrected chi connectivity index (χ3v) is 5.52. The maximum atomic E-state index is 13.4. The van der Waals surface area contributed by atoms with Crippen molar-refractivity contribution in [3.05, 3.63) is 78.1 Å². The minimum Gasteiger partial charge on any atom is -0.356 e. The van der Waals surface area contributed by atoms with Gasteiger partial charge >= 0.3 is 0 Å². The number of halogens is 2. The Morgan fingerprint density at radius 2 is 1.90 bits per heavy atom. The zero-order valence-electron chi connectivity index (χ0n) is 16.6. The monoisotopic (exact) mass is 407 g/mol. The van der Waals surface area contributed by atoms with Crippen molar-refractivity contribution in [2.24, 2.45) is 5.92 Å². The molecule has 30 heavy (non-hydrogen) atoms. The van der Waals surface area contributed by atoms with Gasteiger partial charge < -0.3 is 4.90 Å². The molecule has 1 fully saturated rings. The summed E-state index contributed by atoms with van der Waals surface area (Å²) in [6, 6.07) is 12.5. The molecular weight excluding hydrogens is 384 g/mol. The average Bonchev–Trinajstić information content (AvgIpc) is 2.78. The number of hydrogen-bond acceptors (Lipinski definition) is 4. The fourth-order valence-corrected chi connectivity index (χ4v) is 3.96. The summed E-state index contributed by atoms with van der Waals surface area (Å²) < 4.78 is 26.8. The highest BCUT2D eigenvalue weighted by Crippen LogP contribution is 2.25. The van der Waals surface area contributed by atoms with Gasteiger partial charge in [0.25, 0.3) is 0 Å². The van der Waals surface area contributed by atoms with E-state index < -0.39 is 11.6 Å². The Labute approximate surface area is 174 Å². The summed E-state index contributed by atoms with van der Waals surface area (Å²) >= 11 is 0. The number of aromatic nitrogens is 2. The lowest BCUT2D eigenvalue weighted by Crippen LogP contribution is -2.36. The second-order valence-corrected chi connectivity index (χ2v) is 7.69. The fraction of sp³-hybridized carbons (Fsp3) is 0.292. The van der Waals surface area contributed by atoms with Crippen LogP contribution < -0.4 is 4.90 Å². The van der Waals surface area contributed by atoms with Gasteiger partial charge in [-0.25, -0.2) is 13.8 Å². The van der Waals surface area contributed by atoms with Gasteiger partial charge in [0.1, 0.15) is 17.5 Å². The molecule has 0 N–H and O–H groups in total. The Kier molecular flexibility index (Phi) is 6.12. The summed E-state index contributed by atoms with van der Waals surface area (Å²) in [5, 5.41) is 0. The Hall–Kier alpha value is -3.15. The first kappa shape index (κ1) is 20.1. The van der Waals surface area contributed by atoms with Crippen molar-refractivity contribution in [3.63, 3.8) is 0 Å². The molecule has 4 rings (SSSR count). The predicted octanol–water partition coefficient (Wildman–Crippen LogP) is 5.30. The minimum absolute atomic E-state index is 0.0365. The molecule has 1 unspecified atom stereocenters. The first-order chi connectivity index (χ1) is 14.6. The summed E-state index contributed by atoms with van der Waals surface area (Å²) in [6.45, 7) is 1.90. The molecule has 0 bridgehead atoms. The van der Waals surface area contributed by atoms with E-state index in [1.165, 1.54) is 18.3 Å². The van der Waals surface area contributed by atoms with Crippen molar-refractivity contribution >= 4 is 11.6 Å². The molecule has 3 aromatic rings. The number of rotatable bonds is 6. The van der Waals surface area contributed by atoms with Gasteiger partial charge in [-0.2, -0.15) is 0 Å². The largest absolute Gasteiger partial charge is 0.356 e. The first-order valence-corrected chi connectivity index (χ1v) is 10.2. The van der Waals surface area contributed by atoms with Crippen LogP contribution in [0.3, 0.4) is 0 Å². The van der Waals surface area contributed by atoms with E-state index in [1.54, 1.807) is 18.3 Å². The number of Topliss-reactive ketones (excluding diaryl/α,β-unsaturated/α-hetero) is 1. The number of carbonyl (C=O) groups excluding carboxylic acids is 1. The van der Waals surface area contributed by atoms with E-state index in [9.17, 15) is 13.6 Å². The average molecular weight is 407 g/mol. The van der Waals surface area contributed by atoms with Gasteiger partial charge in [0.05, 0.1) is 5.69 Å². The summed E-state index contributed by atoms with van der Waals surface area (Å²) in [4.78, 5) is 23.5. The second kappa shape index (κ2) is 9.11. The van der Waals surface area contributed by atoms with E-state index in [4.69, 9.17) is 0 Å². The molecule has 0 aliphatic carbocycles. The molecule has 1 saturated heterocycles. The van der Waals surface area contributed by atoms with Gasteiger partial charge in [0.15, 0.2) is 5.78 Å². The highest BCUT2D eigenvalue weighted by molar-refractivity contribution is 5.96. The van der Waals surface area contributed by atoms with E-state index in [0.29, 0.717) is 29.2 Å². The Bertz CT molecular complexity index is 988. The van der Waals surface area contributed by atoms with Gasteiger partial charge in [-0.3, -0.25) is 9.78 Å². The summed E-state index contributed by atoms with van der Waals surface area (Å²) in [7, 11) is 0. The van der Waals surface area contributed by atoms with Crippen LogP contribution in [-0.2, 0) is 0 Å². The van der Waals surface area contributed by atoms with Crippen molar-refractivity contribution in [1.82, 2.24) is 9.97 Å². The standard InChI is InChI=1S/C24H23F2N3O/c25-20-12-19(13-21(26)14-20)22-8-7-18(15-28-22)23(30)9-6-17-4-3-11-29(16-17)24-5-1-2-10-27-24/h1-2,5,7-8,10,12-15,17H,3-4,6,9,11,16H2. The molecule has 3 heterocycles. The number of benzene rings is 1. The molecule has 0 saturated carbocycles. The molecule has 0 amide bonds. The number of piperidine rings is 1. The molecule has 2 aromatic heterocycles. The van der Waals surface area contributed by atoms with Crippen LogP contribution in [0.15, 0.2) is 60.9 Å². The number of carbonyl (C=O) groups is 1. The second-order valence-electron chi connectivity index (χ2n) is 7.69. The van der Waals surface area contributed by atoms with E-state index in [1.807, 2.05) is 18.2 Å². The van der Waals surface area contributed by atoms with Gasteiger partial charge in [0.2, 0.25) is 0 Å². The van der Waals surface area contributed by atoms with Crippen LogP contribution in [0.2, 0.25) is 0 Å². The van der Waals surface area contributed by atoms with Crippen LogP contribution >= 0.6 is 0 Å². The molecule has 1 aliphatic heterocycles. The van der Waals surface area contributed by atoms with E-state index >= 15 is 0 Å². The number of hydrogen-bond donors (Lipinski definition) is 0. The summed E-state index contributed by atoms with van der Waals surface area (Å²) in [5.74, 6) is 0.169. The van der Waals surface area contributed by atoms with Gasteiger partial charge in [-0.05, 0) is 61.6 Å². The van der Waals surface area contributed by atoms with Crippen molar-refractivity contribution in [3.8, 4) is 11.3 Å². The SMILES string of the molecule is O=C(CCC1CCCN(c2ccccn2)C1)c1ccc(-c2cc(F)cc(F)c2)nc1. The lowest BCUT2D eigenvalue weighted by Gasteiger charge is -2.33. The van der Waals surface area contributed by atoms with Crippen LogP contribution in [0.5, 0.6) is 0 Å². The lowest BCUT2D eigenvalue weighted by atomic mass is 9.91. The summed E-state index contributed by atoms with van der Waals surface area (Å²) in [5.41, 5.74) is 1.31. The zero-order chi connectivity index (χ0) is 20.9. The van der Waals surface area contributed by atoms with E-state index in [-0.39, 0.29) is 5.78 Å². The third-order valence-electron chi connectivity index (χ3n) is 5.52. The highest BCUT2D eigenvalue weighted by Gasteiger charge is 2.21. The number of ketones is 1. The van der Waals surface area contributed by atoms with Gasteiger partial charge in [0, 0.05) is 49.1 Å². The third kappa shape index (κ3) is 4.87. The molecule has 0 radical (unpaired) electrons. The number of nitrogens with zero attached hydrogens (tertiary/aromatic N) is 3. The van der Waals surface area contributed by atoms with Crippen molar-refractivity contribution in [2.75, 3.05) is 18.0 Å². The molecule has 154 valence electrons. The van der Waals surface area contributed by atoms with E-state index in [2.05, 4.69) is 14.9 Å². The molecule has 1 aromatic carbocycles. The van der Waals surface area contributed by atoms with Crippen LogP contribution in [-0.4, -0.2) is 28.8 Å². The van der Waals surface area contributed by atoms with Gasteiger partial charge in [-0.15, -0.1) is 0 Å². The number of anilines is 1. The minimum atomic E-state index is -0.654. The smallest absolute Gasteiger partial charge is 0.164 e. The molecule has 0 spiro atoms. The lowest BCUT2D eigenvalue weighted by molar-refractivity contribution is 0.0972. The summed E-state index contributed by atoms with van der Waals surface area (Å²) in [6.07, 6.45) is 6.77. The maximum absolute atomic E-state index is 13.4. The quantitative estimate of drug-likeness (QED) is 0.520. The van der Waals surface area contributed by atoms with Crippen LogP contribution in [0.4, 0.5) is 14.6 Å². The van der Waals surface area contributed by atoms with Crippen LogP contribution in [0, 0.1) is 17.6 Å². The molecule has 6 heteroatoms. The molecular formula is C24H23F2N3O. The highest BCUT2D eigenvalue weighted by atomic mass is 19.1. The predicted molar refractivity (Wildman–Crippen MR) is 112 cm³/mol. The molecule has 1 atom stereocenters. The topological polar surface area (TPSA) is 46.1 Å². The van der Waals surface area contributed by atoms with Crippen LogP contribution in [0.1, 0.15) is 36.0 Å². The van der Waals surface area contributed by atoms with E-state index in [0.717, 1.165) is 44.2 Å². The van der Waals surface area contributed by atoms with Crippen molar-refractivity contribution < 1.29 is 13.6 Å². The number of pyridine rings is 2. The van der Waals surface area contributed by atoms with Crippen LogP contribution in [0.25, 0.3) is 11.3 Å². The Morgan fingerprint density at radius 1 is 1.07 bits per heavy atom. The van der Waals surface area contributed by atoms with Crippen molar-refractivity contribution in [2.45, 2.75) is 25.7 Å². The fourth-order valence-electron chi connectivity index (χ4n) is 3.96. The normalized spacial score (nSPS) is 16.5. The Balaban J connectivity index is 1.35. The first-order valence-electron chi connectivity index (χ1n) is 10.2. The Morgan fingerprint density at radius 3 is 2.60 bits per heavy atom. The molecule has 1 aliphatic rings. The maximum Gasteiger partial charge on any atom is 0.164 e. The zero-order valence-corrected chi connectivity index (χ0v) is 16.6. The van der Waals surface area contributed by atoms with Crippen molar-refractivity contribution in [1.29, 1.82) is 0 Å².